The molecule has 1 N–H and O–H groups in total. The number of halogens is 1. The van der Waals surface area contributed by atoms with Gasteiger partial charge in [-0.25, -0.2) is 4.68 Å². The predicted octanol–water partition coefficient (Wildman–Crippen LogP) is 3.86. The number of nitrogens with one attached hydrogen (secondary N) is 1. The lowest BCUT2D eigenvalue weighted by Crippen LogP contribution is -2.17. The van der Waals surface area contributed by atoms with E-state index in [0.717, 1.165) is 16.8 Å². The number of nitrogens with zero attached hydrogens (tertiary/aromatic N) is 2. The number of aryl methyl sites for hydroxylation is 1. The Morgan fingerprint density at radius 3 is 2.48 bits per heavy atom. The van der Waals surface area contributed by atoms with Gasteiger partial charge < -0.3 is 5.32 Å². The van der Waals surface area contributed by atoms with Gasteiger partial charge in [-0.2, -0.15) is 5.10 Å². The molecule has 0 spiro atoms. The van der Waals surface area contributed by atoms with Crippen LogP contribution >= 0.6 is 11.6 Å². The summed E-state index contributed by atoms with van der Waals surface area (Å²) in [5.41, 5.74) is 3.92. The Morgan fingerprint density at radius 2 is 1.83 bits per heavy atom. The van der Waals surface area contributed by atoms with Crippen molar-refractivity contribution in [3.05, 3.63) is 70.9 Å². The standard InChI is InChI=1S/C18H16ClN3O/c1-12-7-9-13(10-8-12)17-14(18(23)20-2)11-22(21-17)16-6-4-3-5-15(16)19/h3-11H,1-2H3,(H,20,23). The molecule has 1 heterocycles. The van der Waals surface area contributed by atoms with E-state index in [4.69, 9.17) is 11.6 Å². The minimum Gasteiger partial charge on any atom is -0.355 e. The van der Waals surface area contributed by atoms with Gasteiger partial charge in [-0.3, -0.25) is 4.79 Å². The van der Waals surface area contributed by atoms with Crippen molar-refractivity contribution in [1.29, 1.82) is 0 Å². The third kappa shape index (κ3) is 2.98. The molecule has 4 nitrogen and oxygen atoms in total. The molecule has 0 aliphatic rings. The zero-order chi connectivity index (χ0) is 16.4. The normalized spacial score (nSPS) is 10.6. The summed E-state index contributed by atoms with van der Waals surface area (Å²) >= 11 is 6.24. The molecule has 116 valence electrons. The number of amides is 1. The fourth-order valence-corrected chi connectivity index (χ4v) is 2.58. The van der Waals surface area contributed by atoms with E-state index in [1.54, 1.807) is 24.0 Å². The highest BCUT2D eigenvalue weighted by molar-refractivity contribution is 6.32. The van der Waals surface area contributed by atoms with Crippen molar-refractivity contribution < 1.29 is 4.79 Å². The lowest BCUT2D eigenvalue weighted by Gasteiger charge is -2.03. The van der Waals surface area contributed by atoms with Gasteiger partial charge in [0, 0.05) is 18.8 Å². The van der Waals surface area contributed by atoms with Crippen LogP contribution in [0.25, 0.3) is 16.9 Å². The molecule has 5 heteroatoms. The third-order valence-electron chi connectivity index (χ3n) is 3.61. The van der Waals surface area contributed by atoms with Crippen LogP contribution in [0.1, 0.15) is 15.9 Å². The van der Waals surface area contributed by atoms with Crippen LogP contribution in [0.4, 0.5) is 0 Å². The Hall–Kier alpha value is -2.59. The Kier molecular flexibility index (Phi) is 4.17. The van der Waals surface area contributed by atoms with Crippen molar-refractivity contribution in [2.75, 3.05) is 7.05 Å². The van der Waals surface area contributed by atoms with Gasteiger partial charge in [-0.05, 0) is 19.1 Å². The number of rotatable bonds is 3. The summed E-state index contributed by atoms with van der Waals surface area (Å²) in [5.74, 6) is -0.182. The van der Waals surface area contributed by atoms with Crippen molar-refractivity contribution in [2.24, 2.45) is 0 Å². The zero-order valence-corrected chi connectivity index (χ0v) is 13.6. The first-order chi connectivity index (χ1) is 11.1. The molecule has 0 unspecified atom stereocenters. The van der Waals surface area contributed by atoms with Crippen LogP contribution in [0.15, 0.2) is 54.7 Å². The highest BCUT2D eigenvalue weighted by Gasteiger charge is 2.18. The molecule has 0 fully saturated rings. The summed E-state index contributed by atoms with van der Waals surface area (Å²) in [4.78, 5) is 12.2. The summed E-state index contributed by atoms with van der Waals surface area (Å²) in [6.45, 7) is 2.02. The number of aromatic nitrogens is 2. The molecule has 0 atom stereocenters. The van der Waals surface area contributed by atoms with E-state index in [9.17, 15) is 4.79 Å². The smallest absolute Gasteiger partial charge is 0.254 e. The summed E-state index contributed by atoms with van der Waals surface area (Å²) in [6.07, 6.45) is 1.70. The van der Waals surface area contributed by atoms with Crippen LogP contribution in [0.3, 0.4) is 0 Å². The number of carbonyl (C=O) groups is 1. The third-order valence-corrected chi connectivity index (χ3v) is 3.93. The van der Waals surface area contributed by atoms with Crippen molar-refractivity contribution in [2.45, 2.75) is 6.92 Å². The highest BCUT2D eigenvalue weighted by Crippen LogP contribution is 2.26. The lowest BCUT2D eigenvalue weighted by molar-refractivity contribution is 0.0963. The summed E-state index contributed by atoms with van der Waals surface area (Å²) in [5, 5.41) is 7.82. The molecule has 2 aromatic carbocycles. The maximum Gasteiger partial charge on any atom is 0.254 e. The molecular weight excluding hydrogens is 310 g/mol. The first-order valence-corrected chi connectivity index (χ1v) is 7.61. The Morgan fingerprint density at radius 1 is 1.13 bits per heavy atom. The van der Waals surface area contributed by atoms with Gasteiger partial charge in [-0.15, -0.1) is 0 Å². The lowest BCUT2D eigenvalue weighted by atomic mass is 10.1. The molecule has 0 radical (unpaired) electrons. The quantitative estimate of drug-likeness (QED) is 0.794. The number of hydrogen-bond acceptors (Lipinski definition) is 2. The van der Waals surface area contributed by atoms with Crippen molar-refractivity contribution in [3.8, 4) is 16.9 Å². The molecule has 0 saturated heterocycles. The van der Waals surface area contributed by atoms with Gasteiger partial charge >= 0.3 is 0 Å². The van der Waals surface area contributed by atoms with Gasteiger partial charge in [0.1, 0.15) is 5.69 Å². The topological polar surface area (TPSA) is 46.9 Å². The Balaban J connectivity index is 2.17. The van der Waals surface area contributed by atoms with Crippen molar-refractivity contribution in [3.63, 3.8) is 0 Å². The van der Waals surface area contributed by atoms with Gasteiger partial charge in [0.15, 0.2) is 0 Å². The SMILES string of the molecule is CNC(=O)c1cn(-c2ccccc2Cl)nc1-c1ccc(C)cc1. The molecule has 0 aliphatic carbocycles. The second-order valence-corrected chi connectivity index (χ2v) is 5.64. The van der Waals surface area contributed by atoms with Crippen LogP contribution in [0.2, 0.25) is 5.02 Å². The maximum atomic E-state index is 12.2. The van der Waals surface area contributed by atoms with E-state index < -0.39 is 0 Å². The molecule has 23 heavy (non-hydrogen) atoms. The minimum absolute atomic E-state index is 0.182. The fourth-order valence-electron chi connectivity index (χ4n) is 2.36. The largest absolute Gasteiger partial charge is 0.355 e. The van der Waals surface area contributed by atoms with Crippen LogP contribution < -0.4 is 5.32 Å². The van der Waals surface area contributed by atoms with Crippen LogP contribution in [-0.4, -0.2) is 22.7 Å². The molecule has 0 aliphatic heterocycles. The van der Waals surface area contributed by atoms with Crippen LogP contribution in [-0.2, 0) is 0 Å². The molecular formula is C18H16ClN3O. The van der Waals surface area contributed by atoms with E-state index >= 15 is 0 Å². The molecule has 0 bridgehead atoms. The first kappa shape index (κ1) is 15.3. The molecule has 3 rings (SSSR count). The number of hydrogen-bond donors (Lipinski definition) is 1. The Bertz CT molecular complexity index is 853. The van der Waals surface area contributed by atoms with Gasteiger partial charge in [0.05, 0.1) is 16.3 Å². The van der Waals surface area contributed by atoms with E-state index in [-0.39, 0.29) is 5.91 Å². The number of para-hydroxylation sites is 1. The van der Waals surface area contributed by atoms with E-state index in [0.29, 0.717) is 16.3 Å². The second kappa shape index (κ2) is 6.26. The summed E-state index contributed by atoms with van der Waals surface area (Å²) in [7, 11) is 1.61. The number of benzene rings is 2. The molecule has 1 aromatic heterocycles. The minimum atomic E-state index is -0.182. The summed E-state index contributed by atoms with van der Waals surface area (Å²) < 4.78 is 1.64. The van der Waals surface area contributed by atoms with Gasteiger partial charge in [0.2, 0.25) is 0 Å². The molecule has 1 amide bonds. The second-order valence-electron chi connectivity index (χ2n) is 5.23. The van der Waals surface area contributed by atoms with Crippen molar-refractivity contribution >= 4 is 17.5 Å². The van der Waals surface area contributed by atoms with E-state index in [1.165, 1.54) is 0 Å². The zero-order valence-electron chi connectivity index (χ0n) is 12.9. The average Bonchev–Trinajstić information content (AvgIpc) is 3.00. The van der Waals surface area contributed by atoms with E-state index in [2.05, 4.69) is 10.4 Å². The van der Waals surface area contributed by atoms with Crippen LogP contribution in [0.5, 0.6) is 0 Å². The number of carbonyl (C=O) groups excluding carboxylic acids is 1. The van der Waals surface area contributed by atoms with E-state index in [1.807, 2.05) is 49.4 Å². The monoisotopic (exact) mass is 325 g/mol. The average molecular weight is 326 g/mol. The fraction of sp³-hybridized carbons (Fsp3) is 0.111. The van der Waals surface area contributed by atoms with Gasteiger partial charge in [-0.1, -0.05) is 53.6 Å². The maximum absolute atomic E-state index is 12.2. The molecule has 0 saturated carbocycles. The first-order valence-electron chi connectivity index (χ1n) is 7.24. The Labute approximate surface area is 139 Å². The van der Waals surface area contributed by atoms with Crippen molar-refractivity contribution in [1.82, 2.24) is 15.1 Å². The van der Waals surface area contributed by atoms with Crippen LogP contribution in [0, 0.1) is 6.92 Å². The molecule has 3 aromatic rings. The highest BCUT2D eigenvalue weighted by atomic mass is 35.5. The van der Waals surface area contributed by atoms with Gasteiger partial charge in [0.25, 0.3) is 5.91 Å². The summed E-state index contributed by atoms with van der Waals surface area (Å²) in [6, 6.07) is 15.3. The predicted molar refractivity (Wildman–Crippen MR) is 92.1 cm³/mol.